The summed E-state index contributed by atoms with van der Waals surface area (Å²) in [6, 6.07) is 0.502. The molecule has 0 amide bonds. The molecule has 0 saturated carbocycles. The van der Waals surface area contributed by atoms with Crippen LogP contribution in [0, 0.1) is 5.92 Å². The van der Waals surface area contributed by atoms with Crippen molar-refractivity contribution in [1.82, 2.24) is 10.2 Å². The lowest BCUT2D eigenvalue weighted by molar-refractivity contribution is 0.0267. The van der Waals surface area contributed by atoms with Gasteiger partial charge >= 0.3 is 0 Å². The molecule has 0 spiro atoms. The zero-order valence-electron chi connectivity index (χ0n) is 12.0. The maximum atomic E-state index is 10.3. The van der Waals surface area contributed by atoms with Crippen molar-refractivity contribution in [2.75, 3.05) is 26.7 Å². The molecule has 1 aliphatic heterocycles. The van der Waals surface area contributed by atoms with E-state index in [0.29, 0.717) is 6.04 Å². The van der Waals surface area contributed by atoms with Crippen molar-refractivity contribution in [3.63, 3.8) is 0 Å². The number of likely N-dealkylation sites (tertiary alicyclic amines) is 1. The maximum Gasteiger partial charge on any atom is 0.0766 e. The first-order valence-electron chi connectivity index (χ1n) is 7.15. The largest absolute Gasteiger partial charge is 0.389 e. The molecule has 0 aromatic heterocycles. The summed E-state index contributed by atoms with van der Waals surface area (Å²) in [6.07, 6.45) is 4.27. The SMILES string of the molecule is CCC(O)(CC)CNC(C)C1CCCN(C)C1. The molecule has 1 rings (SSSR count). The summed E-state index contributed by atoms with van der Waals surface area (Å²) >= 11 is 0. The molecule has 0 aromatic carbocycles. The molecular weight excluding hydrogens is 212 g/mol. The molecule has 1 aliphatic rings. The molecule has 3 heteroatoms. The van der Waals surface area contributed by atoms with Crippen LogP contribution in [0.3, 0.4) is 0 Å². The van der Waals surface area contributed by atoms with Crippen molar-refractivity contribution in [1.29, 1.82) is 0 Å². The molecule has 3 nitrogen and oxygen atoms in total. The lowest BCUT2D eigenvalue weighted by atomic mass is 9.90. The minimum absolute atomic E-state index is 0.502. The molecule has 0 radical (unpaired) electrons. The Balaban J connectivity index is 2.35. The summed E-state index contributed by atoms with van der Waals surface area (Å²) in [4.78, 5) is 2.41. The van der Waals surface area contributed by atoms with Gasteiger partial charge in [0.05, 0.1) is 5.60 Å². The van der Waals surface area contributed by atoms with Gasteiger partial charge in [0.1, 0.15) is 0 Å². The van der Waals surface area contributed by atoms with Crippen molar-refractivity contribution < 1.29 is 5.11 Å². The average Bonchev–Trinajstić information content (AvgIpc) is 2.35. The number of rotatable bonds is 6. The highest BCUT2D eigenvalue weighted by Gasteiger charge is 2.26. The van der Waals surface area contributed by atoms with Crippen LogP contribution in [0.15, 0.2) is 0 Å². The van der Waals surface area contributed by atoms with Crippen molar-refractivity contribution >= 4 is 0 Å². The number of hydrogen-bond acceptors (Lipinski definition) is 3. The van der Waals surface area contributed by atoms with E-state index in [0.717, 1.165) is 25.3 Å². The first-order valence-corrected chi connectivity index (χ1v) is 7.15. The summed E-state index contributed by atoms with van der Waals surface area (Å²) < 4.78 is 0. The first kappa shape index (κ1) is 14.9. The molecule has 102 valence electrons. The normalized spacial score (nSPS) is 24.9. The molecular formula is C14H30N2O. The van der Waals surface area contributed by atoms with Crippen molar-refractivity contribution in [2.45, 2.75) is 58.1 Å². The fraction of sp³-hybridized carbons (Fsp3) is 1.00. The first-order chi connectivity index (χ1) is 8.00. The lowest BCUT2D eigenvalue weighted by Gasteiger charge is -2.36. The van der Waals surface area contributed by atoms with E-state index in [2.05, 4.69) is 38.0 Å². The Morgan fingerprint density at radius 3 is 2.59 bits per heavy atom. The smallest absolute Gasteiger partial charge is 0.0766 e. The van der Waals surface area contributed by atoms with E-state index in [1.165, 1.54) is 25.9 Å². The zero-order valence-corrected chi connectivity index (χ0v) is 12.0. The van der Waals surface area contributed by atoms with Gasteiger partial charge < -0.3 is 15.3 Å². The molecule has 1 heterocycles. The van der Waals surface area contributed by atoms with Crippen LogP contribution >= 0.6 is 0 Å². The van der Waals surface area contributed by atoms with E-state index < -0.39 is 5.60 Å². The Morgan fingerprint density at radius 1 is 1.41 bits per heavy atom. The third-order valence-electron chi connectivity index (χ3n) is 4.44. The van der Waals surface area contributed by atoms with Crippen molar-refractivity contribution in [3.05, 3.63) is 0 Å². The average molecular weight is 242 g/mol. The van der Waals surface area contributed by atoms with E-state index >= 15 is 0 Å². The van der Waals surface area contributed by atoms with Gasteiger partial charge in [0.2, 0.25) is 0 Å². The fourth-order valence-electron chi connectivity index (χ4n) is 2.63. The quantitative estimate of drug-likeness (QED) is 0.746. The summed E-state index contributed by atoms with van der Waals surface area (Å²) in [6.45, 7) is 9.52. The van der Waals surface area contributed by atoms with Crippen LogP contribution < -0.4 is 5.32 Å². The second-order valence-electron chi connectivity index (χ2n) is 5.77. The summed E-state index contributed by atoms with van der Waals surface area (Å²) in [5.74, 6) is 0.728. The molecule has 0 aromatic rings. The molecule has 2 N–H and O–H groups in total. The van der Waals surface area contributed by atoms with Crippen LogP contribution in [0.25, 0.3) is 0 Å². The lowest BCUT2D eigenvalue weighted by Crippen LogP contribution is -2.48. The maximum absolute atomic E-state index is 10.3. The monoisotopic (exact) mass is 242 g/mol. The van der Waals surface area contributed by atoms with E-state index in [9.17, 15) is 5.11 Å². The number of aliphatic hydroxyl groups is 1. The Morgan fingerprint density at radius 2 is 2.06 bits per heavy atom. The minimum Gasteiger partial charge on any atom is -0.389 e. The van der Waals surface area contributed by atoms with Gasteiger partial charge in [0.15, 0.2) is 0 Å². The summed E-state index contributed by atoms with van der Waals surface area (Å²) in [5.41, 5.74) is -0.519. The molecule has 0 bridgehead atoms. The van der Waals surface area contributed by atoms with Crippen LogP contribution in [-0.2, 0) is 0 Å². The van der Waals surface area contributed by atoms with Gasteiger partial charge in [-0.3, -0.25) is 0 Å². The predicted octanol–water partition coefficient (Wildman–Crippen LogP) is 1.86. The summed E-state index contributed by atoms with van der Waals surface area (Å²) in [7, 11) is 2.20. The van der Waals surface area contributed by atoms with Crippen molar-refractivity contribution in [2.24, 2.45) is 5.92 Å². The standard InChI is InChI=1S/C14H30N2O/c1-5-14(17,6-2)11-15-12(3)13-8-7-9-16(4)10-13/h12-13,15,17H,5-11H2,1-4H3. The third kappa shape index (κ3) is 4.57. The topological polar surface area (TPSA) is 35.5 Å². The van der Waals surface area contributed by atoms with Gasteiger partial charge in [-0.15, -0.1) is 0 Å². The van der Waals surface area contributed by atoms with E-state index in [-0.39, 0.29) is 0 Å². The predicted molar refractivity (Wildman–Crippen MR) is 73.2 cm³/mol. The number of hydrogen-bond donors (Lipinski definition) is 2. The highest BCUT2D eigenvalue weighted by Crippen LogP contribution is 2.20. The Labute approximate surface area is 107 Å². The Bertz CT molecular complexity index is 216. The van der Waals surface area contributed by atoms with Gasteiger partial charge in [0, 0.05) is 19.1 Å². The molecule has 1 fully saturated rings. The Kier molecular flexibility index (Phi) is 5.90. The van der Waals surface area contributed by atoms with Crippen molar-refractivity contribution in [3.8, 4) is 0 Å². The van der Waals surface area contributed by atoms with Gasteiger partial charge in [-0.2, -0.15) is 0 Å². The van der Waals surface area contributed by atoms with Crippen LogP contribution in [0.1, 0.15) is 46.5 Å². The molecule has 1 saturated heterocycles. The van der Waals surface area contributed by atoms with Crippen LogP contribution in [0.4, 0.5) is 0 Å². The highest BCUT2D eigenvalue weighted by molar-refractivity contribution is 4.83. The number of piperidine rings is 1. The summed E-state index contributed by atoms with van der Waals surface area (Å²) in [5, 5.41) is 13.8. The molecule has 2 unspecified atom stereocenters. The second kappa shape index (κ2) is 6.72. The Hall–Kier alpha value is -0.120. The van der Waals surface area contributed by atoms with Gasteiger partial charge in [0.25, 0.3) is 0 Å². The highest BCUT2D eigenvalue weighted by atomic mass is 16.3. The van der Waals surface area contributed by atoms with Crippen LogP contribution in [0.2, 0.25) is 0 Å². The van der Waals surface area contributed by atoms with Gasteiger partial charge in [-0.05, 0) is 52.1 Å². The second-order valence-corrected chi connectivity index (χ2v) is 5.77. The van der Waals surface area contributed by atoms with E-state index in [1.807, 2.05) is 0 Å². The van der Waals surface area contributed by atoms with Gasteiger partial charge in [-0.1, -0.05) is 13.8 Å². The number of nitrogens with zero attached hydrogens (tertiary/aromatic N) is 1. The fourth-order valence-corrected chi connectivity index (χ4v) is 2.63. The molecule has 17 heavy (non-hydrogen) atoms. The minimum atomic E-state index is -0.519. The van der Waals surface area contributed by atoms with E-state index in [1.54, 1.807) is 0 Å². The molecule has 0 aliphatic carbocycles. The zero-order chi connectivity index (χ0) is 12.9. The third-order valence-corrected chi connectivity index (χ3v) is 4.44. The molecule has 2 atom stereocenters. The van der Waals surface area contributed by atoms with Crippen LogP contribution in [-0.4, -0.2) is 48.3 Å². The number of nitrogens with one attached hydrogen (secondary N) is 1. The van der Waals surface area contributed by atoms with Gasteiger partial charge in [-0.25, -0.2) is 0 Å². The van der Waals surface area contributed by atoms with Crippen LogP contribution in [0.5, 0.6) is 0 Å². The van der Waals surface area contributed by atoms with E-state index in [4.69, 9.17) is 0 Å².